The number of likely N-dealkylation sites (N-methyl/N-ethyl adjacent to an activating group) is 2. The zero-order valence-corrected chi connectivity index (χ0v) is 17.2. The molecule has 26 heavy (non-hydrogen) atoms. The molecule has 0 bridgehead atoms. The predicted molar refractivity (Wildman–Crippen MR) is 117 cm³/mol. The molecule has 2 rings (SSSR count). The summed E-state index contributed by atoms with van der Waals surface area (Å²) in [5.41, 5.74) is 5.04. The van der Waals surface area contributed by atoms with E-state index >= 15 is 0 Å². The molecule has 0 saturated carbocycles. The van der Waals surface area contributed by atoms with Crippen molar-refractivity contribution < 1.29 is 0 Å². The molecule has 0 aliphatic heterocycles. The van der Waals surface area contributed by atoms with Crippen LogP contribution in [0.5, 0.6) is 0 Å². The number of hydrogen-bond acceptors (Lipinski definition) is 4. The van der Waals surface area contributed by atoms with Crippen molar-refractivity contribution in [1.29, 1.82) is 0 Å². The summed E-state index contributed by atoms with van der Waals surface area (Å²) in [4.78, 5) is 9.13. The van der Waals surface area contributed by atoms with Crippen LogP contribution in [0.25, 0.3) is 0 Å². The molecule has 0 radical (unpaired) electrons. The lowest BCUT2D eigenvalue weighted by molar-refractivity contribution is 0.785. The maximum Gasteiger partial charge on any atom is 0.0368 e. The quantitative estimate of drug-likeness (QED) is 0.670. The molecule has 4 nitrogen and oxygen atoms in total. The van der Waals surface area contributed by atoms with Crippen molar-refractivity contribution in [2.75, 3.05) is 74.0 Å². The SMILES string of the molecule is CCN(C)c1ccc(N(C)CCN(CC)c2ccc(N(C)C)cc2)cc1. The van der Waals surface area contributed by atoms with Crippen LogP contribution in [0.3, 0.4) is 0 Å². The summed E-state index contributed by atoms with van der Waals surface area (Å²) < 4.78 is 0. The van der Waals surface area contributed by atoms with Gasteiger partial charge in [-0.3, -0.25) is 0 Å². The van der Waals surface area contributed by atoms with E-state index in [0.717, 1.165) is 26.2 Å². The Kier molecular flexibility index (Phi) is 7.19. The molecular formula is C22H34N4. The van der Waals surface area contributed by atoms with E-state index in [1.165, 1.54) is 22.7 Å². The Labute approximate surface area is 159 Å². The Morgan fingerprint density at radius 3 is 1.46 bits per heavy atom. The van der Waals surface area contributed by atoms with Gasteiger partial charge in [0.05, 0.1) is 0 Å². The zero-order chi connectivity index (χ0) is 19.1. The van der Waals surface area contributed by atoms with Crippen molar-refractivity contribution in [1.82, 2.24) is 0 Å². The fourth-order valence-electron chi connectivity index (χ4n) is 2.98. The fraction of sp³-hybridized carbons (Fsp3) is 0.455. The molecule has 0 unspecified atom stereocenters. The van der Waals surface area contributed by atoms with Crippen LogP contribution < -0.4 is 19.6 Å². The first-order chi connectivity index (χ1) is 12.5. The molecule has 0 aromatic heterocycles. The van der Waals surface area contributed by atoms with Crippen LogP contribution in [-0.2, 0) is 0 Å². The van der Waals surface area contributed by atoms with E-state index < -0.39 is 0 Å². The van der Waals surface area contributed by atoms with Gasteiger partial charge in [-0.1, -0.05) is 0 Å². The van der Waals surface area contributed by atoms with E-state index in [9.17, 15) is 0 Å². The van der Waals surface area contributed by atoms with Crippen molar-refractivity contribution in [3.05, 3.63) is 48.5 Å². The number of rotatable bonds is 9. The van der Waals surface area contributed by atoms with Gasteiger partial charge in [-0.15, -0.1) is 0 Å². The first-order valence-electron chi connectivity index (χ1n) is 9.51. The minimum Gasteiger partial charge on any atom is -0.378 e. The average Bonchev–Trinajstić information content (AvgIpc) is 2.68. The molecule has 4 heteroatoms. The standard InChI is InChI=1S/C22H34N4/c1-7-24(5)20-11-13-21(14-12-20)25(6)17-18-26(8-2)22-15-9-19(10-16-22)23(3)4/h9-16H,7-8,17-18H2,1-6H3. The molecular weight excluding hydrogens is 320 g/mol. The van der Waals surface area contributed by atoms with E-state index in [4.69, 9.17) is 0 Å². The molecule has 0 atom stereocenters. The van der Waals surface area contributed by atoms with Gasteiger partial charge in [-0.25, -0.2) is 0 Å². The number of hydrogen-bond donors (Lipinski definition) is 0. The molecule has 142 valence electrons. The molecule has 0 aliphatic carbocycles. The lowest BCUT2D eigenvalue weighted by Gasteiger charge is -2.28. The van der Waals surface area contributed by atoms with Crippen molar-refractivity contribution in [2.45, 2.75) is 13.8 Å². The molecule has 0 amide bonds. The number of nitrogens with zero attached hydrogens (tertiary/aromatic N) is 4. The highest BCUT2D eigenvalue weighted by Gasteiger charge is 2.08. The first-order valence-corrected chi connectivity index (χ1v) is 9.51. The summed E-state index contributed by atoms with van der Waals surface area (Å²) in [6.45, 7) is 8.42. The molecule has 2 aromatic rings. The van der Waals surface area contributed by atoms with Crippen LogP contribution in [-0.4, -0.2) is 54.4 Å². The van der Waals surface area contributed by atoms with Gasteiger partial charge in [0.2, 0.25) is 0 Å². The van der Waals surface area contributed by atoms with Crippen LogP contribution in [0.4, 0.5) is 22.7 Å². The third-order valence-corrected chi connectivity index (χ3v) is 5.02. The van der Waals surface area contributed by atoms with E-state index in [0.29, 0.717) is 0 Å². The van der Waals surface area contributed by atoms with Gasteiger partial charge in [-0.2, -0.15) is 0 Å². The van der Waals surface area contributed by atoms with E-state index in [-0.39, 0.29) is 0 Å². The summed E-state index contributed by atoms with van der Waals surface area (Å²) in [5.74, 6) is 0. The number of anilines is 4. The van der Waals surface area contributed by atoms with Crippen molar-refractivity contribution in [3.8, 4) is 0 Å². The van der Waals surface area contributed by atoms with Crippen molar-refractivity contribution in [2.24, 2.45) is 0 Å². The minimum absolute atomic E-state index is 0.992. The largest absolute Gasteiger partial charge is 0.378 e. The topological polar surface area (TPSA) is 13.0 Å². The van der Waals surface area contributed by atoms with Crippen molar-refractivity contribution >= 4 is 22.7 Å². The van der Waals surface area contributed by atoms with Gasteiger partial charge in [0.1, 0.15) is 0 Å². The van der Waals surface area contributed by atoms with E-state index in [2.05, 4.69) is 110 Å². The van der Waals surface area contributed by atoms with Crippen LogP contribution in [0, 0.1) is 0 Å². The predicted octanol–water partition coefficient (Wildman–Crippen LogP) is 4.17. The summed E-state index contributed by atoms with van der Waals surface area (Å²) in [5, 5.41) is 0. The van der Waals surface area contributed by atoms with Gasteiger partial charge in [0, 0.05) is 77.1 Å². The third kappa shape index (κ3) is 5.07. The van der Waals surface area contributed by atoms with E-state index in [1.54, 1.807) is 0 Å². The van der Waals surface area contributed by atoms with Gasteiger partial charge in [-0.05, 0) is 62.4 Å². The lowest BCUT2D eigenvalue weighted by atomic mass is 10.2. The van der Waals surface area contributed by atoms with Gasteiger partial charge in [0.25, 0.3) is 0 Å². The molecule has 0 heterocycles. The molecule has 0 N–H and O–H groups in total. The normalized spacial score (nSPS) is 10.5. The molecule has 0 spiro atoms. The second kappa shape index (κ2) is 9.37. The van der Waals surface area contributed by atoms with Gasteiger partial charge >= 0.3 is 0 Å². The maximum absolute atomic E-state index is 2.43. The van der Waals surface area contributed by atoms with Crippen molar-refractivity contribution in [3.63, 3.8) is 0 Å². The first kappa shape index (κ1) is 20.0. The highest BCUT2D eigenvalue weighted by atomic mass is 15.2. The maximum atomic E-state index is 2.43. The Hall–Kier alpha value is -2.36. The molecule has 2 aromatic carbocycles. The van der Waals surface area contributed by atoms with Gasteiger partial charge in [0.15, 0.2) is 0 Å². The highest BCUT2D eigenvalue weighted by Crippen LogP contribution is 2.21. The highest BCUT2D eigenvalue weighted by molar-refractivity contribution is 5.57. The summed E-state index contributed by atoms with van der Waals surface area (Å²) in [6.07, 6.45) is 0. The Bertz CT molecular complexity index is 649. The minimum atomic E-state index is 0.992. The Morgan fingerprint density at radius 2 is 1.00 bits per heavy atom. The third-order valence-electron chi connectivity index (χ3n) is 5.02. The molecule has 0 aliphatic rings. The Balaban J connectivity index is 1.96. The van der Waals surface area contributed by atoms with E-state index in [1.807, 2.05) is 0 Å². The fourth-order valence-corrected chi connectivity index (χ4v) is 2.98. The van der Waals surface area contributed by atoms with Crippen LogP contribution in [0.2, 0.25) is 0 Å². The van der Waals surface area contributed by atoms with Gasteiger partial charge < -0.3 is 19.6 Å². The smallest absolute Gasteiger partial charge is 0.0368 e. The van der Waals surface area contributed by atoms with Crippen LogP contribution in [0.1, 0.15) is 13.8 Å². The lowest BCUT2D eigenvalue weighted by Crippen LogP contribution is -2.33. The molecule has 0 fully saturated rings. The summed E-state index contributed by atoms with van der Waals surface area (Å²) >= 11 is 0. The molecule has 0 saturated heterocycles. The summed E-state index contributed by atoms with van der Waals surface area (Å²) in [6, 6.07) is 17.6. The Morgan fingerprint density at radius 1 is 0.538 bits per heavy atom. The van der Waals surface area contributed by atoms with Crippen LogP contribution >= 0.6 is 0 Å². The van der Waals surface area contributed by atoms with Crippen LogP contribution in [0.15, 0.2) is 48.5 Å². The summed E-state index contributed by atoms with van der Waals surface area (Å²) in [7, 11) is 8.44. The number of benzene rings is 2. The average molecular weight is 355 g/mol. The second-order valence-electron chi connectivity index (χ2n) is 6.94. The second-order valence-corrected chi connectivity index (χ2v) is 6.94. The monoisotopic (exact) mass is 354 g/mol. The zero-order valence-electron chi connectivity index (χ0n) is 17.2.